The van der Waals surface area contributed by atoms with E-state index in [0.29, 0.717) is 12.8 Å². The number of aryl methyl sites for hydroxylation is 1. The van der Waals surface area contributed by atoms with E-state index in [4.69, 9.17) is 9.47 Å². The molecule has 5 nitrogen and oxygen atoms in total. The van der Waals surface area contributed by atoms with Gasteiger partial charge in [-0.2, -0.15) is 5.10 Å². The Hall–Kier alpha value is -2.79. The molecule has 6 rings (SSSR count). The van der Waals surface area contributed by atoms with Gasteiger partial charge in [-0.05, 0) is 48.6 Å². The third-order valence-corrected chi connectivity index (χ3v) is 6.45. The minimum Gasteiger partial charge on any atom is -0.454 e. The molecule has 1 atom stereocenters. The third kappa shape index (κ3) is 2.61. The van der Waals surface area contributed by atoms with Gasteiger partial charge in [0.05, 0.1) is 5.69 Å². The van der Waals surface area contributed by atoms with Gasteiger partial charge < -0.3 is 9.47 Å². The van der Waals surface area contributed by atoms with Gasteiger partial charge >= 0.3 is 0 Å². The van der Waals surface area contributed by atoms with E-state index in [1.165, 1.54) is 35.2 Å². The number of ether oxygens (including phenoxy) is 2. The molecule has 28 heavy (non-hydrogen) atoms. The number of benzene rings is 2. The van der Waals surface area contributed by atoms with Crippen LogP contribution in [0, 0.1) is 0 Å². The van der Waals surface area contributed by atoms with Gasteiger partial charge in [0.1, 0.15) is 0 Å². The molecule has 1 aromatic heterocycles. The predicted octanol–water partition coefficient (Wildman–Crippen LogP) is 3.72. The summed E-state index contributed by atoms with van der Waals surface area (Å²) in [5.74, 6) is 1.63. The van der Waals surface area contributed by atoms with Crippen molar-refractivity contribution < 1.29 is 9.47 Å². The largest absolute Gasteiger partial charge is 0.454 e. The molecular formula is C23H23N3O2. The number of hydrogen-bond donors (Lipinski definition) is 1. The van der Waals surface area contributed by atoms with E-state index in [1.54, 1.807) is 0 Å². The standard InChI is InChI=1S/C23H23N3O2/c1-2-4-16-11-18(7-5-15(16)3-1)26-10-9-20-19(13-26)23(25-24-20)17-6-8-21-22(12-17)28-14-27-21/h1-4,6,8,12,18H,5,7,9-11,13-14H2,(H,24,25). The number of rotatable bonds is 2. The molecule has 1 unspecified atom stereocenters. The second-order valence-corrected chi connectivity index (χ2v) is 7.98. The SMILES string of the molecule is c1ccc2c(c1)CCC(N1CCc3[nH]nc(-c4ccc5c(c4)OCO5)c3C1)C2. The highest BCUT2D eigenvalue weighted by Crippen LogP contribution is 2.38. The number of nitrogens with one attached hydrogen (secondary N) is 1. The van der Waals surface area contributed by atoms with Gasteiger partial charge in [0.15, 0.2) is 11.5 Å². The average molecular weight is 373 g/mol. The molecule has 0 amide bonds. The summed E-state index contributed by atoms with van der Waals surface area (Å²) in [5, 5.41) is 7.94. The molecule has 2 aromatic carbocycles. The second kappa shape index (κ2) is 6.38. The highest BCUT2D eigenvalue weighted by molar-refractivity contribution is 5.68. The van der Waals surface area contributed by atoms with E-state index in [-0.39, 0.29) is 0 Å². The van der Waals surface area contributed by atoms with Gasteiger partial charge in [-0.1, -0.05) is 24.3 Å². The Labute approximate surface area is 164 Å². The molecule has 0 spiro atoms. The molecule has 0 radical (unpaired) electrons. The number of nitrogens with zero attached hydrogens (tertiary/aromatic N) is 2. The zero-order valence-corrected chi connectivity index (χ0v) is 15.8. The van der Waals surface area contributed by atoms with E-state index >= 15 is 0 Å². The van der Waals surface area contributed by atoms with Crippen LogP contribution >= 0.6 is 0 Å². The molecule has 1 N–H and O–H groups in total. The maximum Gasteiger partial charge on any atom is 0.231 e. The summed E-state index contributed by atoms with van der Waals surface area (Å²) >= 11 is 0. The van der Waals surface area contributed by atoms with E-state index < -0.39 is 0 Å². The topological polar surface area (TPSA) is 50.4 Å². The summed E-state index contributed by atoms with van der Waals surface area (Å²) in [6.45, 7) is 2.36. The number of hydrogen-bond acceptors (Lipinski definition) is 4. The lowest BCUT2D eigenvalue weighted by Gasteiger charge is -2.37. The van der Waals surface area contributed by atoms with E-state index in [1.807, 2.05) is 6.07 Å². The molecule has 3 aliphatic rings. The highest BCUT2D eigenvalue weighted by atomic mass is 16.7. The van der Waals surface area contributed by atoms with Crippen molar-refractivity contribution in [1.82, 2.24) is 15.1 Å². The van der Waals surface area contributed by atoms with E-state index in [9.17, 15) is 0 Å². The number of H-pyrrole nitrogens is 1. The van der Waals surface area contributed by atoms with Gasteiger partial charge in [-0.3, -0.25) is 10.00 Å². The quantitative estimate of drug-likeness (QED) is 0.744. The van der Waals surface area contributed by atoms with Gasteiger partial charge in [0.25, 0.3) is 0 Å². The van der Waals surface area contributed by atoms with Crippen molar-refractivity contribution in [3.8, 4) is 22.8 Å². The first-order valence-electron chi connectivity index (χ1n) is 10.1. The van der Waals surface area contributed by atoms with Crippen LogP contribution in [0.2, 0.25) is 0 Å². The summed E-state index contributed by atoms with van der Waals surface area (Å²) in [5.41, 5.74) is 7.81. The molecule has 3 heterocycles. The Morgan fingerprint density at radius 3 is 2.86 bits per heavy atom. The summed E-state index contributed by atoms with van der Waals surface area (Å²) < 4.78 is 11.0. The molecule has 0 saturated heterocycles. The van der Waals surface area contributed by atoms with Crippen LogP contribution in [-0.4, -0.2) is 34.5 Å². The molecule has 0 fully saturated rings. The lowest BCUT2D eigenvalue weighted by atomic mass is 9.86. The summed E-state index contributed by atoms with van der Waals surface area (Å²) in [6.07, 6.45) is 4.61. The summed E-state index contributed by atoms with van der Waals surface area (Å²) in [4.78, 5) is 2.66. The van der Waals surface area contributed by atoms with Crippen LogP contribution in [0.25, 0.3) is 11.3 Å². The van der Waals surface area contributed by atoms with Crippen molar-refractivity contribution in [3.63, 3.8) is 0 Å². The van der Waals surface area contributed by atoms with Crippen LogP contribution in [0.4, 0.5) is 0 Å². The van der Waals surface area contributed by atoms with Gasteiger partial charge in [0, 0.05) is 42.4 Å². The first kappa shape index (κ1) is 16.2. The first-order chi connectivity index (χ1) is 13.8. The Bertz CT molecular complexity index is 1040. The fraction of sp³-hybridized carbons (Fsp3) is 0.348. The third-order valence-electron chi connectivity index (χ3n) is 6.45. The molecule has 0 saturated carbocycles. The minimum absolute atomic E-state index is 0.300. The fourth-order valence-electron chi connectivity index (χ4n) is 4.90. The zero-order chi connectivity index (χ0) is 18.5. The van der Waals surface area contributed by atoms with Crippen molar-refractivity contribution in [2.45, 2.75) is 38.3 Å². The molecule has 0 bridgehead atoms. The van der Waals surface area contributed by atoms with Crippen LogP contribution in [-0.2, 0) is 25.8 Å². The summed E-state index contributed by atoms with van der Waals surface area (Å²) in [6, 6.07) is 15.6. The smallest absolute Gasteiger partial charge is 0.231 e. The van der Waals surface area contributed by atoms with Crippen LogP contribution < -0.4 is 9.47 Å². The number of aromatic amines is 1. The van der Waals surface area contributed by atoms with Crippen LogP contribution in [0.3, 0.4) is 0 Å². The van der Waals surface area contributed by atoms with Crippen LogP contribution in [0.15, 0.2) is 42.5 Å². The lowest BCUT2D eigenvalue weighted by molar-refractivity contribution is 0.163. The monoisotopic (exact) mass is 373 g/mol. The summed E-state index contributed by atoms with van der Waals surface area (Å²) in [7, 11) is 0. The Kier molecular flexibility index (Phi) is 3.69. The van der Waals surface area contributed by atoms with Crippen molar-refractivity contribution in [1.29, 1.82) is 0 Å². The average Bonchev–Trinajstić information content (AvgIpc) is 3.39. The predicted molar refractivity (Wildman–Crippen MR) is 107 cm³/mol. The first-order valence-corrected chi connectivity index (χ1v) is 10.1. The fourth-order valence-corrected chi connectivity index (χ4v) is 4.90. The molecule has 3 aromatic rings. The lowest BCUT2D eigenvalue weighted by Crippen LogP contribution is -2.42. The Balaban J connectivity index is 1.28. The minimum atomic E-state index is 0.300. The molecule has 5 heteroatoms. The Morgan fingerprint density at radius 2 is 1.89 bits per heavy atom. The van der Waals surface area contributed by atoms with Crippen LogP contribution in [0.5, 0.6) is 11.5 Å². The number of fused-ring (bicyclic) bond motifs is 3. The maximum atomic E-state index is 5.56. The van der Waals surface area contributed by atoms with Crippen molar-refractivity contribution in [2.24, 2.45) is 0 Å². The maximum absolute atomic E-state index is 5.56. The highest BCUT2D eigenvalue weighted by Gasteiger charge is 2.30. The van der Waals surface area contributed by atoms with E-state index in [0.717, 1.165) is 48.7 Å². The molecule has 1 aliphatic carbocycles. The second-order valence-electron chi connectivity index (χ2n) is 7.98. The van der Waals surface area contributed by atoms with E-state index in [2.05, 4.69) is 51.5 Å². The zero-order valence-electron chi connectivity index (χ0n) is 15.8. The van der Waals surface area contributed by atoms with Gasteiger partial charge in [-0.25, -0.2) is 0 Å². The van der Waals surface area contributed by atoms with Gasteiger partial charge in [0.2, 0.25) is 6.79 Å². The molecule has 142 valence electrons. The molecular weight excluding hydrogens is 350 g/mol. The normalized spacial score (nSPS) is 20.6. The van der Waals surface area contributed by atoms with Crippen LogP contribution in [0.1, 0.15) is 28.8 Å². The Morgan fingerprint density at radius 1 is 1.00 bits per heavy atom. The molecule has 2 aliphatic heterocycles. The number of aromatic nitrogens is 2. The van der Waals surface area contributed by atoms with Crippen molar-refractivity contribution in [3.05, 3.63) is 64.8 Å². The van der Waals surface area contributed by atoms with Gasteiger partial charge in [-0.15, -0.1) is 0 Å². The van der Waals surface area contributed by atoms with Crippen molar-refractivity contribution >= 4 is 0 Å². The van der Waals surface area contributed by atoms with Crippen molar-refractivity contribution in [2.75, 3.05) is 13.3 Å².